The molecule has 1 N–H and O–H groups in total. The van der Waals surface area contributed by atoms with Gasteiger partial charge in [0.05, 0.1) is 18.2 Å². The second-order valence-electron chi connectivity index (χ2n) is 4.40. The molecule has 0 fully saturated rings. The van der Waals surface area contributed by atoms with Gasteiger partial charge >= 0.3 is 0 Å². The van der Waals surface area contributed by atoms with Crippen LogP contribution in [0.5, 0.6) is 5.75 Å². The predicted octanol–water partition coefficient (Wildman–Crippen LogP) is 3.03. The summed E-state index contributed by atoms with van der Waals surface area (Å²) in [7, 11) is 1.62. The highest BCUT2D eigenvalue weighted by atomic mass is 16.5. The third-order valence-corrected chi connectivity index (χ3v) is 3.06. The second-order valence-corrected chi connectivity index (χ2v) is 4.40. The summed E-state index contributed by atoms with van der Waals surface area (Å²) >= 11 is 0. The minimum absolute atomic E-state index is 0.457. The maximum Gasteiger partial charge on any atom is 0.178 e. The number of pyridine rings is 1. The van der Waals surface area contributed by atoms with Crippen LogP contribution < -0.4 is 4.74 Å². The van der Waals surface area contributed by atoms with Crippen molar-refractivity contribution >= 4 is 22.8 Å². The highest BCUT2D eigenvalue weighted by Gasteiger charge is 2.08. The number of hydrogen-bond acceptors (Lipinski definition) is 4. The number of nitriles is 1. The molecule has 3 rings (SSSR count). The molecule has 1 aromatic carbocycles. The van der Waals surface area contributed by atoms with Crippen molar-refractivity contribution in [2.45, 2.75) is 0 Å². The van der Waals surface area contributed by atoms with E-state index in [1.165, 1.54) is 0 Å². The maximum absolute atomic E-state index is 9.34. The Balaban J connectivity index is 2.00. The Morgan fingerprint density at radius 1 is 1.29 bits per heavy atom. The van der Waals surface area contributed by atoms with E-state index in [1.807, 2.05) is 36.4 Å². The van der Waals surface area contributed by atoms with Gasteiger partial charge in [-0.3, -0.25) is 0 Å². The largest absolute Gasteiger partial charge is 0.497 e. The molecule has 5 nitrogen and oxygen atoms in total. The molecule has 0 aliphatic carbocycles. The molecular formula is C16H12N4O. The van der Waals surface area contributed by atoms with Crippen LogP contribution in [-0.2, 0) is 0 Å². The summed E-state index contributed by atoms with van der Waals surface area (Å²) in [6.07, 6.45) is 3.45. The van der Waals surface area contributed by atoms with Crippen LogP contribution in [0.2, 0.25) is 0 Å². The summed E-state index contributed by atoms with van der Waals surface area (Å²) in [4.78, 5) is 11.6. The minimum Gasteiger partial charge on any atom is -0.497 e. The number of nitrogens with one attached hydrogen (secondary N) is 1. The summed E-state index contributed by atoms with van der Waals surface area (Å²) in [5, 5.41) is 9.34. The van der Waals surface area contributed by atoms with Crippen molar-refractivity contribution < 1.29 is 4.74 Å². The van der Waals surface area contributed by atoms with E-state index in [9.17, 15) is 5.26 Å². The lowest BCUT2D eigenvalue weighted by molar-refractivity contribution is 0.415. The SMILES string of the molecule is COc1ccc(C=C(C#N)c2nc3ncccc3[nH]2)cc1. The van der Waals surface area contributed by atoms with Crippen LogP contribution in [-0.4, -0.2) is 22.1 Å². The molecule has 2 heterocycles. The average molecular weight is 276 g/mol. The van der Waals surface area contributed by atoms with E-state index >= 15 is 0 Å². The molecule has 0 bridgehead atoms. The molecular weight excluding hydrogens is 264 g/mol. The molecule has 21 heavy (non-hydrogen) atoms. The third-order valence-electron chi connectivity index (χ3n) is 3.06. The summed E-state index contributed by atoms with van der Waals surface area (Å²) < 4.78 is 5.11. The Morgan fingerprint density at radius 3 is 2.76 bits per heavy atom. The van der Waals surface area contributed by atoms with Gasteiger partial charge in [-0.1, -0.05) is 12.1 Å². The Morgan fingerprint density at radius 2 is 2.10 bits per heavy atom. The number of methoxy groups -OCH3 is 1. The van der Waals surface area contributed by atoms with Crippen molar-refractivity contribution in [2.75, 3.05) is 7.11 Å². The van der Waals surface area contributed by atoms with Crippen LogP contribution in [0.3, 0.4) is 0 Å². The van der Waals surface area contributed by atoms with Crippen LogP contribution in [0.25, 0.3) is 22.8 Å². The molecule has 0 atom stereocenters. The lowest BCUT2D eigenvalue weighted by Crippen LogP contribution is -1.86. The van der Waals surface area contributed by atoms with E-state index in [-0.39, 0.29) is 0 Å². The molecule has 5 heteroatoms. The van der Waals surface area contributed by atoms with E-state index in [4.69, 9.17) is 4.74 Å². The lowest BCUT2D eigenvalue weighted by Gasteiger charge is -1.99. The fourth-order valence-corrected chi connectivity index (χ4v) is 1.99. The van der Waals surface area contributed by atoms with E-state index in [0.29, 0.717) is 17.0 Å². The lowest BCUT2D eigenvalue weighted by atomic mass is 10.1. The monoisotopic (exact) mass is 276 g/mol. The highest BCUT2D eigenvalue weighted by molar-refractivity contribution is 5.89. The molecule has 0 saturated heterocycles. The Labute approximate surface area is 121 Å². The number of rotatable bonds is 3. The molecule has 0 aliphatic rings. The van der Waals surface area contributed by atoms with Crippen molar-refractivity contribution in [1.82, 2.24) is 15.0 Å². The molecule has 0 amide bonds. The van der Waals surface area contributed by atoms with Crippen molar-refractivity contribution in [3.63, 3.8) is 0 Å². The molecule has 0 aliphatic heterocycles. The number of allylic oxidation sites excluding steroid dienone is 1. The van der Waals surface area contributed by atoms with E-state index in [2.05, 4.69) is 21.0 Å². The summed E-state index contributed by atoms with van der Waals surface area (Å²) in [5.41, 5.74) is 2.77. The van der Waals surface area contributed by atoms with E-state index in [1.54, 1.807) is 19.4 Å². The molecule has 2 aromatic heterocycles. The van der Waals surface area contributed by atoms with Crippen molar-refractivity contribution in [3.8, 4) is 11.8 Å². The van der Waals surface area contributed by atoms with E-state index < -0.39 is 0 Å². The third kappa shape index (κ3) is 2.60. The van der Waals surface area contributed by atoms with Crippen LogP contribution >= 0.6 is 0 Å². The number of H-pyrrole nitrogens is 1. The smallest absolute Gasteiger partial charge is 0.178 e. The van der Waals surface area contributed by atoms with Gasteiger partial charge in [0.2, 0.25) is 0 Å². The van der Waals surface area contributed by atoms with Crippen molar-refractivity contribution in [3.05, 3.63) is 54.0 Å². The van der Waals surface area contributed by atoms with Gasteiger partial charge < -0.3 is 9.72 Å². The first-order valence-electron chi connectivity index (χ1n) is 6.37. The second kappa shape index (κ2) is 5.47. The Hall–Kier alpha value is -3.13. The first-order chi connectivity index (χ1) is 10.3. The average Bonchev–Trinajstić information content (AvgIpc) is 2.97. The summed E-state index contributed by atoms with van der Waals surface area (Å²) in [5.74, 6) is 1.29. The fourth-order valence-electron chi connectivity index (χ4n) is 1.99. The van der Waals surface area contributed by atoms with Gasteiger partial charge in [-0.15, -0.1) is 0 Å². The number of hydrogen-bond donors (Lipinski definition) is 1. The van der Waals surface area contributed by atoms with Gasteiger partial charge in [-0.25, -0.2) is 9.97 Å². The van der Waals surface area contributed by atoms with Gasteiger partial charge in [0.25, 0.3) is 0 Å². The van der Waals surface area contributed by atoms with Crippen LogP contribution in [0.1, 0.15) is 11.4 Å². The zero-order chi connectivity index (χ0) is 14.7. The molecule has 0 spiro atoms. The fraction of sp³-hybridized carbons (Fsp3) is 0.0625. The normalized spacial score (nSPS) is 11.3. The predicted molar refractivity (Wildman–Crippen MR) is 80.4 cm³/mol. The number of nitrogens with zero attached hydrogens (tertiary/aromatic N) is 3. The number of ether oxygens (including phenoxy) is 1. The minimum atomic E-state index is 0.457. The topological polar surface area (TPSA) is 74.6 Å². The first kappa shape index (κ1) is 12.9. The van der Waals surface area contributed by atoms with Gasteiger partial charge in [0.15, 0.2) is 11.5 Å². The zero-order valence-electron chi connectivity index (χ0n) is 11.4. The number of benzene rings is 1. The van der Waals surface area contributed by atoms with Gasteiger partial charge in [-0.05, 0) is 35.9 Å². The van der Waals surface area contributed by atoms with Gasteiger partial charge in [0.1, 0.15) is 11.8 Å². The molecule has 3 aromatic rings. The molecule has 0 saturated carbocycles. The van der Waals surface area contributed by atoms with Crippen LogP contribution in [0, 0.1) is 11.3 Å². The zero-order valence-corrected chi connectivity index (χ0v) is 11.4. The number of imidazole rings is 1. The molecule has 102 valence electrons. The number of aromatic amines is 1. The standard InChI is InChI=1S/C16H12N4O/c1-21-13-6-4-11(5-7-13)9-12(10-17)15-19-14-3-2-8-18-16(14)20-15/h2-9H,1H3,(H,18,19,20). The summed E-state index contributed by atoms with van der Waals surface area (Å²) in [6.45, 7) is 0. The van der Waals surface area contributed by atoms with Crippen LogP contribution in [0.4, 0.5) is 0 Å². The Bertz CT molecular complexity index is 808. The summed E-state index contributed by atoms with van der Waals surface area (Å²) in [6, 6.07) is 13.3. The van der Waals surface area contributed by atoms with Crippen molar-refractivity contribution in [2.24, 2.45) is 0 Å². The molecule has 0 radical (unpaired) electrons. The quantitative estimate of drug-likeness (QED) is 0.746. The number of aromatic nitrogens is 3. The Kier molecular flexibility index (Phi) is 3.36. The van der Waals surface area contributed by atoms with Gasteiger partial charge in [-0.2, -0.15) is 5.26 Å². The van der Waals surface area contributed by atoms with Crippen molar-refractivity contribution in [1.29, 1.82) is 5.26 Å². The van der Waals surface area contributed by atoms with E-state index in [0.717, 1.165) is 16.8 Å². The highest BCUT2D eigenvalue weighted by Crippen LogP contribution is 2.19. The molecule has 0 unspecified atom stereocenters. The first-order valence-corrected chi connectivity index (χ1v) is 6.37. The van der Waals surface area contributed by atoms with Gasteiger partial charge in [0, 0.05) is 6.20 Å². The maximum atomic E-state index is 9.34. The number of fused-ring (bicyclic) bond motifs is 1. The van der Waals surface area contributed by atoms with Crippen LogP contribution in [0.15, 0.2) is 42.6 Å².